The Kier molecular flexibility index (Phi) is 2.29. The number of hydrogen-bond acceptors (Lipinski definition) is 2. The van der Waals surface area contributed by atoms with Gasteiger partial charge >= 0.3 is 5.97 Å². The summed E-state index contributed by atoms with van der Waals surface area (Å²) in [5.41, 5.74) is 0. The maximum atomic E-state index is 10.4. The summed E-state index contributed by atoms with van der Waals surface area (Å²) in [4.78, 5) is 12.0. The monoisotopic (exact) mass is 170 g/mol. The van der Waals surface area contributed by atoms with Gasteiger partial charge in [-0.1, -0.05) is 13.8 Å². The van der Waals surface area contributed by atoms with E-state index in [1.165, 1.54) is 11.3 Å². The molecule has 0 atom stereocenters. The first-order chi connectivity index (χ1) is 5.11. The summed E-state index contributed by atoms with van der Waals surface area (Å²) < 4.78 is 0. The van der Waals surface area contributed by atoms with E-state index in [4.69, 9.17) is 5.11 Å². The molecule has 0 aliphatic carbocycles. The number of hydrogen-bond donors (Lipinski definition) is 1. The zero-order chi connectivity index (χ0) is 8.43. The molecular formula is C8H10O2S. The molecule has 0 aliphatic rings. The molecule has 1 aromatic rings. The standard InChI is InChI=1S/C8H10O2S/c1-5(2)6-3-4-7(11-6)8(9)10/h3-5H,1-2H3,(H,9,10). The number of rotatable bonds is 2. The minimum Gasteiger partial charge on any atom is -0.477 e. The van der Waals surface area contributed by atoms with Gasteiger partial charge in [-0.3, -0.25) is 0 Å². The van der Waals surface area contributed by atoms with Gasteiger partial charge in [0.25, 0.3) is 0 Å². The molecule has 11 heavy (non-hydrogen) atoms. The predicted octanol–water partition coefficient (Wildman–Crippen LogP) is 2.57. The molecule has 60 valence electrons. The van der Waals surface area contributed by atoms with Gasteiger partial charge in [-0.2, -0.15) is 0 Å². The highest BCUT2D eigenvalue weighted by atomic mass is 32.1. The molecule has 2 nitrogen and oxygen atoms in total. The first kappa shape index (κ1) is 8.27. The lowest BCUT2D eigenvalue weighted by atomic mass is 10.2. The third-order valence-corrected chi connectivity index (χ3v) is 2.78. The molecule has 0 fully saturated rings. The summed E-state index contributed by atoms with van der Waals surface area (Å²) in [5.74, 6) is -0.407. The maximum absolute atomic E-state index is 10.4. The fraction of sp³-hybridized carbons (Fsp3) is 0.375. The van der Waals surface area contributed by atoms with Crippen molar-refractivity contribution in [1.29, 1.82) is 0 Å². The van der Waals surface area contributed by atoms with E-state index in [1.54, 1.807) is 6.07 Å². The van der Waals surface area contributed by atoms with E-state index >= 15 is 0 Å². The number of carboxylic acids is 1. The Bertz CT molecular complexity index is 263. The molecule has 0 saturated carbocycles. The molecule has 0 aromatic carbocycles. The van der Waals surface area contributed by atoms with Gasteiger partial charge in [-0.15, -0.1) is 11.3 Å². The van der Waals surface area contributed by atoms with Crippen molar-refractivity contribution >= 4 is 17.3 Å². The molecule has 0 spiro atoms. The van der Waals surface area contributed by atoms with Crippen LogP contribution in [0.4, 0.5) is 0 Å². The quantitative estimate of drug-likeness (QED) is 0.740. The van der Waals surface area contributed by atoms with Crippen LogP contribution in [0.5, 0.6) is 0 Å². The van der Waals surface area contributed by atoms with Crippen molar-refractivity contribution in [1.82, 2.24) is 0 Å². The van der Waals surface area contributed by atoms with Crippen molar-refractivity contribution in [3.8, 4) is 0 Å². The van der Waals surface area contributed by atoms with Gasteiger partial charge in [-0.05, 0) is 18.1 Å². The SMILES string of the molecule is CC(C)c1ccc(C(=O)O)s1. The second-order valence-electron chi connectivity index (χ2n) is 2.66. The van der Waals surface area contributed by atoms with Gasteiger partial charge < -0.3 is 5.11 Å². The summed E-state index contributed by atoms with van der Waals surface area (Å²) in [5, 5.41) is 8.59. The van der Waals surface area contributed by atoms with Crippen molar-refractivity contribution in [2.45, 2.75) is 19.8 Å². The van der Waals surface area contributed by atoms with Crippen LogP contribution >= 0.6 is 11.3 Å². The molecule has 0 saturated heterocycles. The minimum atomic E-state index is -0.832. The summed E-state index contributed by atoms with van der Waals surface area (Å²) in [6.45, 7) is 4.11. The lowest BCUT2D eigenvalue weighted by Crippen LogP contribution is -1.89. The molecule has 0 radical (unpaired) electrons. The molecule has 1 rings (SSSR count). The van der Waals surface area contributed by atoms with Gasteiger partial charge in [0.2, 0.25) is 0 Å². The Morgan fingerprint density at radius 3 is 2.45 bits per heavy atom. The van der Waals surface area contributed by atoms with E-state index in [2.05, 4.69) is 13.8 Å². The van der Waals surface area contributed by atoms with Crippen molar-refractivity contribution in [2.75, 3.05) is 0 Å². The highest BCUT2D eigenvalue weighted by Gasteiger charge is 2.08. The molecule has 0 aliphatic heterocycles. The summed E-state index contributed by atoms with van der Waals surface area (Å²) in [6.07, 6.45) is 0. The largest absolute Gasteiger partial charge is 0.477 e. The van der Waals surface area contributed by atoms with E-state index in [0.717, 1.165) is 4.88 Å². The second-order valence-corrected chi connectivity index (χ2v) is 3.78. The third kappa shape index (κ3) is 1.80. The molecule has 0 amide bonds. The van der Waals surface area contributed by atoms with Crippen LogP contribution in [0.3, 0.4) is 0 Å². The zero-order valence-electron chi connectivity index (χ0n) is 6.50. The minimum absolute atomic E-state index is 0.424. The van der Waals surface area contributed by atoms with Gasteiger partial charge in [0.1, 0.15) is 4.88 Å². The number of thiophene rings is 1. The smallest absolute Gasteiger partial charge is 0.345 e. The summed E-state index contributed by atoms with van der Waals surface area (Å²) >= 11 is 1.35. The van der Waals surface area contributed by atoms with Crippen LogP contribution in [0.15, 0.2) is 12.1 Å². The highest BCUT2D eigenvalue weighted by molar-refractivity contribution is 7.14. The summed E-state index contributed by atoms with van der Waals surface area (Å²) in [7, 11) is 0. The van der Waals surface area contributed by atoms with Crippen LogP contribution in [0.2, 0.25) is 0 Å². The van der Waals surface area contributed by atoms with Crippen LogP contribution in [0, 0.1) is 0 Å². The Hall–Kier alpha value is -0.830. The van der Waals surface area contributed by atoms with E-state index in [9.17, 15) is 4.79 Å². The fourth-order valence-electron chi connectivity index (χ4n) is 0.778. The topological polar surface area (TPSA) is 37.3 Å². The maximum Gasteiger partial charge on any atom is 0.345 e. The van der Waals surface area contributed by atoms with E-state index in [-0.39, 0.29) is 0 Å². The van der Waals surface area contributed by atoms with Crippen LogP contribution in [0.25, 0.3) is 0 Å². The van der Waals surface area contributed by atoms with Gasteiger partial charge in [-0.25, -0.2) is 4.79 Å². The molecule has 0 unspecified atom stereocenters. The van der Waals surface area contributed by atoms with E-state index < -0.39 is 5.97 Å². The predicted molar refractivity (Wildman–Crippen MR) is 45.4 cm³/mol. The normalized spacial score (nSPS) is 10.5. The Balaban J connectivity index is 2.90. The Morgan fingerprint density at radius 2 is 2.18 bits per heavy atom. The average Bonchev–Trinajstić information content (AvgIpc) is 2.33. The lowest BCUT2D eigenvalue weighted by Gasteiger charge is -1.96. The lowest BCUT2D eigenvalue weighted by molar-refractivity contribution is 0.0702. The van der Waals surface area contributed by atoms with Crippen molar-refractivity contribution in [3.05, 3.63) is 21.9 Å². The number of aromatic carboxylic acids is 1. The molecule has 0 bridgehead atoms. The van der Waals surface area contributed by atoms with Gasteiger partial charge in [0.05, 0.1) is 0 Å². The molecule has 1 N–H and O–H groups in total. The molecule has 1 heterocycles. The van der Waals surface area contributed by atoms with Crippen LogP contribution in [-0.2, 0) is 0 Å². The number of carbonyl (C=O) groups is 1. The van der Waals surface area contributed by atoms with Crippen molar-refractivity contribution in [3.63, 3.8) is 0 Å². The average molecular weight is 170 g/mol. The van der Waals surface area contributed by atoms with Crippen LogP contribution < -0.4 is 0 Å². The highest BCUT2D eigenvalue weighted by Crippen LogP contribution is 2.23. The van der Waals surface area contributed by atoms with Crippen molar-refractivity contribution in [2.24, 2.45) is 0 Å². The first-order valence-corrected chi connectivity index (χ1v) is 4.26. The first-order valence-electron chi connectivity index (χ1n) is 3.44. The molecular weight excluding hydrogens is 160 g/mol. The summed E-state index contributed by atoms with van der Waals surface area (Å²) in [6, 6.07) is 3.53. The Labute approximate surface area is 69.5 Å². The van der Waals surface area contributed by atoms with Crippen molar-refractivity contribution < 1.29 is 9.90 Å². The van der Waals surface area contributed by atoms with E-state index in [0.29, 0.717) is 10.8 Å². The second kappa shape index (κ2) is 3.05. The number of carboxylic acid groups (broad SMARTS) is 1. The zero-order valence-corrected chi connectivity index (χ0v) is 7.31. The molecule has 1 aromatic heterocycles. The van der Waals surface area contributed by atoms with Gasteiger partial charge in [0, 0.05) is 4.88 Å². The third-order valence-electron chi connectivity index (χ3n) is 1.41. The van der Waals surface area contributed by atoms with E-state index in [1.807, 2.05) is 6.07 Å². The van der Waals surface area contributed by atoms with Crippen LogP contribution in [0.1, 0.15) is 34.3 Å². The molecule has 3 heteroatoms. The van der Waals surface area contributed by atoms with Crippen LogP contribution in [-0.4, -0.2) is 11.1 Å². The fourth-order valence-corrected chi connectivity index (χ4v) is 1.63. The van der Waals surface area contributed by atoms with Gasteiger partial charge in [0.15, 0.2) is 0 Å². The Morgan fingerprint density at radius 1 is 1.55 bits per heavy atom.